The Hall–Kier alpha value is -1.57. The molecule has 90 valence electrons. The molecule has 0 saturated carbocycles. The molecule has 0 bridgehead atoms. The molecule has 0 aliphatic heterocycles. The van der Waals surface area contributed by atoms with Crippen LogP contribution in [0.5, 0.6) is 0 Å². The normalized spacial score (nSPS) is 11.1. The molecule has 17 heavy (non-hydrogen) atoms. The van der Waals surface area contributed by atoms with Crippen molar-refractivity contribution in [1.82, 2.24) is 24.7 Å². The molecule has 0 aliphatic rings. The third kappa shape index (κ3) is 2.57. The predicted octanol–water partition coefficient (Wildman–Crippen LogP) is 2.00. The van der Waals surface area contributed by atoms with Gasteiger partial charge in [0.05, 0.1) is 0 Å². The molecule has 2 aromatic heterocycles. The summed E-state index contributed by atoms with van der Waals surface area (Å²) in [4.78, 5) is 8.16. The second kappa shape index (κ2) is 4.74. The average Bonchev–Trinajstić information content (AvgIpc) is 2.61. The van der Waals surface area contributed by atoms with Gasteiger partial charge in [-0.3, -0.25) is 0 Å². The SMILES string of the molecule is Cc1ccnc(Sc2nnc(C(F)F)n2C)n1. The van der Waals surface area contributed by atoms with E-state index in [1.54, 1.807) is 12.3 Å². The molecule has 0 saturated heterocycles. The van der Waals surface area contributed by atoms with Crippen molar-refractivity contribution >= 4 is 11.8 Å². The molecule has 0 aromatic carbocycles. The number of halogens is 2. The topological polar surface area (TPSA) is 56.5 Å². The van der Waals surface area contributed by atoms with Crippen molar-refractivity contribution in [3.63, 3.8) is 0 Å². The zero-order valence-electron chi connectivity index (χ0n) is 9.13. The molecule has 2 heterocycles. The Balaban J connectivity index is 2.25. The van der Waals surface area contributed by atoms with E-state index in [2.05, 4.69) is 20.2 Å². The van der Waals surface area contributed by atoms with Crippen LogP contribution in [-0.2, 0) is 7.05 Å². The lowest BCUT2D eigenvalue weighted by atomic mass is 10.5. The summed E-state index contributed by atoms with van der Waals surface area (Å²) >= 11 is 1.10. The van der Waals surface area contributed by atoms with Crippen LogP contribution >= 0.6 is 11.8 Å². The highest BCUT2D eigenvalue weighted by Gasteiger charge is 2.18. The van der Waals surface area contributed by atoms with Crippen LogP contribution < -0.4 is 0 Å². The van der Waals surface area contributed by atoms with Crippen LogP contribution in [0.4, 0.5) is 8.78 Å². The third-order valence-electron chi connectivity index (χ3n) is 2.02. The smallest absolute Gasteiger partial charge is 0.297 e. The lowest BCUT2D eigenvalue weighted by molar-refractivity contribution is 0.135. The first-order valence-corrected chi connectivity index (χ1v) is 5.54. The van der Waals surface area contributed by atoms with Crippen molar-refractivity contribution in [2.75, 3.05) is 0 Å². The minimum absolute atomic E-state index is 0.339. The highest BCUT2D eigenvalue weighted by Crippen LogP contribution is 2.25. The summed E-state index contributed by atoms with van der Waals surface area (Å²) in [7, 11) is 1.49. The van der Waals surface area contributed by atoms with Gasteiger partial charge in [-0.05, 0) is 24.8 Å². The summed E-state index contributed by atoms with van der Waals surface area (Å²) in [5.41, 5.74) is 0.804. The van der Waals surface area contributed by atoms with Crippen LogP contribution in [0.15, 0.2) is 22.6 Å². The molecule has 8 heteroatoms. The van der Waals surface area contributed by atoms with E-state index in [1.807, 2.05) is 6.92 Å². The number of hydrogen-bond donors (Lipinski definition) is 0. The van der Waals surface area contributed by atoms with Crippen LogP contribution in [0.2, 0.25) is 0 Å². The first-order chi connectivity index (χ1) is 8.08. The second-order valence-corrected chi connectivity index (χ2v) is 4.22. The molecular weight excluding hydrogens is 248 g/mol. The predicted molar refractivity (Wildman–Crippen MR) is 56.9 cm³/mol. The highest BCUT2D eigenvalue weighted by atomic mass is 32.2. The van der Waals surface area contributed by atoms with Gasteiger partial charge in [-0.2, -0.15) is 0 Å². The molecule has 0 N–H and O–H groups in total. The highest BCUT2D eigenvalue weighted by molar-refractivity contribution is 7.99. The second-order valence-electron chi connectivity index (χ2n) is 3.28. The van der Waals surface area contributed by atoms with Crippen molar-refractivity contribution in [3.05, 3.63) is 23.8 Å². The van der Waals surface area contributed by atoms with E-state index in [0.717, 1.165) is 17.5 Å². The maximum Gasteiger partial charge on any atom is 0.297 e. The standard InChI is InChI=1S/C9H9F2N5S/c1-5-3-4-12-8(13-5)17-9-15-14-7(6(10)11)16(9)2/h3-4,6H,1-2H3. The van der Waals surface area contributed by atoms with Gasteiger partial charge in [-0.15, -0.1) is 10.2 Å². The summed E-state index contributed by atoms with van der Waals surface area (Å²) in [6.07, 6.45) is -1.03. The van der Waals surface area contributed by atoms with Crippen LogP contribution in [0.3, 0.4) is 0 Å². The summed E-state index contributed by atoms with van der Waals surface area (Å²) in [5, 5.41) is 7.90. The number of alkyl halides is 2. The number of rotatable bonds is 3. The molecule has 0 atom stereocenters. The largest absolute Gasteiger partial charge is 0.304 e. The zero-order chi connectivity index (χ0) is 12.4. The fourth-order valence-electron chi connectivity index (χ4n) is 1.16. The van der Waals surface area contributed by atoms with Crippen molar-refractivity contribution in [1.29, 1.82) is 0 Å². The molecule has 0 aliphatic carbocycles. The Labute approximate surface area is 100 Å². The third-order valence-corrected chi connectivity index (χ3v) is 2.94. The Morgan fingerprint density at radius 3 is 2.71 bits per heavy atom. The Bertz CT molecular complexity index is 528. The molecule has 0 spiro atoms. The first-order valence-electron chi connectivity index (χ1n) is 4.73. The van der Waals surface area contributed by atoms with E-state index >= 15 is 0 Å². The number of nitrogens with zero attached hydrogens (tertiary/aromatic N) is 5. The first kappa shape index (κ1) is 11.9. The zero-order valence-corrected chi connectivity index (χ0v) is 9.95. The van der Waals surface area contributed by atoms with Gasteiger partial charge in [0.2, 0.25) is 5.82 Å². The lowest BCUT2D eigenvalue weighted by Gasteiger charge is -2.02. The van der Waals surface area contributed by atoms with Crippen LogP contribution in [0.1, 0.15) is 17.9 Å². The van der Waals surface area contributed by atoms with Gasteiger partial charge in [0.25, 0.3) is 6.43 Å². The monoisotopic (exact) mass is 257 g/mol. The molecule has 0 fully saturated rings. The maximum atomic E-state index is 12.5. The molecule has 2 aromatic rings. The van der Waals surface area contributed by atoms with E-state index in [4.69, 9.17) is 0 Å². The van der Waals surface area contributed by atoms with E-state index in [1.165, 1.54) is 11.6 Å². The van der Waals surface area contributed by atoms with E-state index in [9.17, 15) is 8.78 Å². The number of hydrogen-bond acceptors (Lipinski definition) is 5. The minimum Gasteiger partial charge on any atom is -0.304 e. The minimum atomic E-state index is -2.64. The Morgan fingerprint density at radius 1 is 1.35 bits per heavy atom. The molecule has 2 rings (SSSR count). The molecule has 5 nitrogen and oxygen atoms in total. The van der Waals surface area contributed by atoms with Gasteiger partial charge in [0.15, 0.2) is 10.3 Å². The average molecular weight is 257 g/mol. The fraction of sp³-hybridized carbons (Fsp3) is 0.333. The van der Waals surface area contributed by atoms with E-state index < -0.39 is 6.43 Å². The van der Waals surface area contributed by atoms with Gasteiger partial charge in [0, 0.05) is 18.9 Å². The van der Waals surface area contributed by atoms with Crippen molar-refractivity contribution < 1.29 is 8.78 Å². The summed E-state index contributed by atoms with van der Waals surface area (Å²) in [6, 6.07) is 1.76. The molecule has 0 amide bonds. The summed E-state index contributed by atoms with van der Waals surface area (Å²) in [5.74, 6) is -0.361. The van der Waals surface area contributed by atoms with Gasteiger partial charge in [-0.1, -0.05) is 0 Å². The fourth-order valence-corrected chi connectivity index (χ4v) is 1.94. The van der Waals surface area contributed by atoms with Crippen molar-refractivity contribution in [2.24, 2.45) is 7.05 Å². The van der Waals surface area contributed by atoms with Crippen LogP contribution in [-0.4, -0.2) is 24.7 Å². The van der Waals surface area contributed by atoms with Gasteiger partial charge < -0.3 is 4.57 Å². The molecular formula is C9H9F2N5S. The van der Waals surface area contributed by atoms with Gasteiger partial charge in [0.1, 0.15) is 0 Å². The van der Waals surface area contributed by atoms with E-state index in [-0.39, 0.29) is 5.82 Å². The van der Waals surface area contributed by atoms with Gasteiger partial charge in [-0.25, -0.2) is 18.7 Å². The number of aromatic nitrogens is 5. The van der Waals surface area contributed by atoms with Crippen LogP contribution in [0, 0.1) is 6.92 Å². The Morgan fingerprint density at radius 2 is 2.12 bits per heavy atom. The molecule has 0 radical (unpaired) electrons. The quantitative estimate of drug-likeness (QED) is 0.787. The van der Waals surface area contributed by atoms with Gasteiger partial charge >= 0.3 is 0 Å². The molecule has 0 unspecified atom stereocenters. The lowest BCUT2D eigenvalue weighted by Crippen LogP contribution is -1.99. The van der Waals surface area contributed by atoms with Crippen molar-refractivity contribution in [3.8, 4) is 0 Å². The Kier molecular flexibility index (Phi) is 3.32. The van der Waals surface area contributed by atoms with Crippen molar-refractivity contribution in [2.45, 2.75) is 23.7 Å². The summed E-state index contributed by atoms with van der Waals surface area (Å²) < 4.78 is 26.2. The number of aryl methyl sites for hydroxylation is 1. The summed E-state index contributed by atoms with van der Waals surface area (Å²) in [6.45, 7) is 1.83. The van der Waals surface area contributed by atoms with Crippen LogP contribution in [0.25, 0.3) is 0 Å². The van der Waals surface area contributed by atoms with E-state index in [0.29, 0.717) is 10.3 Å². The maximum absolute atomic E-state index is 12.5.